The van der Waals surface area contributed by atoms with Gasteiger partial charge in [-0.2, -0.15) is 0 Å². The van der Waals surface area contributed by atoms with Gasteiger partial charge in [-0.1, -0.05) is 81.1 Å². The molecule has 1 fully saturated rings. The molecule has 0 radical (unpaired) electrons. The number of H-pyrrole nitrogens is 1. The number of carbonyl (C=O) groups excluding carboxylic acids is 1. The Kier molecular flexibility index (Phi) is 8.54. The maximum absolute atomic E-state index is 12.5. The number of imidazole rings is 1. The lowest BCUT2D eigenvalue weighted by atomic mass is 9.95. The van der Waals surface area contributed by atoms with Crippen LogP contribution in [0.4, 0.5) is 5.69 Å². The van der Waals surface area contributed by atoms with E-state index in [2.05, 4.69) is 91.3 Å². The summed E-state index contributed by atoms with van der Waals surface area (Å²) in [5.41, 5.74) is 7.32. The van der Waals surface area contributed by atoms with Crippen LogP contribution < -0.4 is 10.6 Å². The van der Waals surface area contributed by atoms with Gasteiger partial charge in [0.05, 0.1) is 17.6 Å². The average Bonchev–Trinajstić information content (AvgIpc) is 3.68. The number of benzene rings is 3. The summed E-state index contributed by atoms with van der Waals surface area (Å²) in [7, 11) is 0. The quantitative estimate of drug-likeness (QED) is 0.178. The van der Waals surface area contributed by atoms with Gasteiger partial charge in [-0.15, -0.1) is 5.10 Å². The van der Waals surface area contributed by atoms with Crippen LogP contribution in [-0.4, -0.2) is 48.7 Å². The molecule has 0 unspecified atom stereocenters. The van der Waals surface area contributed by atoms with Gasteiger partial charge in [0, 0.05) is 30.3 Å². The van der Waals surface area contributed by atoms with Gasteiger partial charge in [0.1, 0.15) is 5.82 Å². The molecule has 5 aromatic rings. The second kappa shape index (κ2) is 13.0. The molecule has 1 aliphatic carbocycles. The summed E-state index contributed by atoms with van der Waals surface area (Å²) in [5.74, 6) is 1.80. The van der Waals surface area contributed by atoms with Crippen molar-refractivity contribution in [1.82, 2.24) is 35.5 Å². The minimum atomic E-state index is 0.0553. The number of tetrazole rings is 1. The summed E-state index contributed by atoms with van der Waals surface area (Å²) in [6.07, 6.45) is 8.99. The zero-order chi connectivity index (χ0) is 28.7. The maximum Gasteiger partial charge on any atom is 0.239 e. The number of amides is 1. The largest absolute Gasteiger partial charge is 0.376 e. The number of anilines is 1. The molecule has 2 heterocycles. The highest BCUT2D eigenvalue weighted by atomic mass is 16.2. The van der Waals surface area contributed by atoms with E-state index < -0.39 is 0 Å². The molecular formula is C33H38N8O. The Morgan fingerprint density at radius 2 is 1.81 bits per heavy atom. The summed E-state index contributed by atoms with van der Waals surface area (Å²) < 4.78 is 2.33. The van der Waals surface area contributed by atoms with E-state index in [9.17, 15) is 4.79 Å². The highest BCUT2D eigenvalue weighted by molar-refractivity contribution is 5.84. The van der Waals surface area contributed by atoms with Crippen LogP contribution in [0.25, 0.3) is 33.5 Å². The number of rotatable bonds is 11. The third-order valence-corrected chi connectivity index (χ3v) is 8.14. The molecule has 216 valence electrons. The highest BCUT2D eigenvalue weighted by Crippen LogP contribution is 2.30. The van der Waals surface area contributed by atoms with E-state index in [1.807, 2.05) is 18.2 Å². The van der Waals surface area contributed by atoms with Crippen LogP contribution in [0.5, 0.6) is 0 Å². The molecule has 0 atom stereocenters. The van der Waals surface area contributed by atoms with Crippen molar-refractivity contribution < 1.29 is 4.79 Å². The fourth-order valence-electron chi connectivity index (χ4n) is 5.89. The molecule has 9 nitrogen and oxygen atoms in total. The van der Waals surface area contributed by atoms with Crippen molar-refractivity contribution in [3.05, 3.63) is 78.1 Å². The molecule has 9 heteroatoms. The summed E-state index contributed by atoms with van der Waals surface area (Å²) >= 11 is 0. The van der Waals surface area contributed by atoms with Crippen molar-refractivity contribution in [1.29, 1.82) is 0 Å². The third kappa shape index (κ3) is 6.35. The fraction of sp³-hybridized carbons (Fsp3) is 0.364. The van der Waals surface area contributed by atoms with E-state index in [1.165, 1.54) is 24.8 Å². The first-order valence-corrected chi connectivity index (χ1v) is 15.1. The van der Waals surface area contributed by atoms with Crippen molar-refractivity contribution in [2.24, 2.45) is 0 Å². The molecule has 2 aromatic heterocycles. The maximum atomic E-state index is 12.5. The monoisotopic (exact) mass is 562 g/mol. The topological polar surface area (TPSA) is 113 Å². The van der Waals surface area contributed by atoms with Crippen molar-refractivity contribution in [2.45, 2.75) is 70.9 Å². The Bertz CT molecular complexity index is 1620. The van der Waals surface area contributed by atoms with Crippen LogP contribution in [-0.2, 0) is 17.8 Å². The van der Waals surface area contributed by atoms with Crippen molar-refractivity contribution in [3.8, 4) is 22.5 Å². The smallest absolute Gasteiger partial charge is 0.239 e. The first-order valence-electron chi connectivity index (χ1n) is 15.1. The zero-order valence-electron chi connectivity index (χ0n) is 24.1. The number of unbranched alkanes of at least 4 members (excludes halogenated alkanes) is 1. The van der Waals surface area contributed by atoms with Crippen molar-refractivity contribution >= 4 is 22.6 Å². The predicted molar refractivity (Wildman–Crippen MR) is 166 cm³/mol. The second-order valence-electron chi connectivity index (χ2n) is 11.2. The van der Waals surface area contributed by atoms with Gasteiger partial charge < -0.3 is 15.2 Å². The highest BCUT2D eigenvalue weighted by Gasteiger charge is 2.16. The average molecular weight is 563 g/mol. The van der Waals surface area contributed by atoms with Crippen LogP contribution in [0.3, 0.4) is 0 Å². The molecule has 6 rings (SSSR count). The minimum Gasteiger partial charge on any atom is -0.376 e. The van der Waals surface area contributed by atoms with E-state index >= 15 is 0 Å². The van der Waals surface area contributed by atoms with E-state index in [-0.39, 0.29) is 12.5 Å². The van der Waals surface area contributed by atoms with E-state index in [1.54, 1.807) is 0 Å². The number of fused-ring (bicyclic) bond motifs is 1. The van der Waals surface area contributed by atoms with Gasteiger partial charge in [0.2, 0.25) is 5.91 Å². The number of hydrogen-bond donors (Lipinski definition) is 3. The summed E-state index contributed by atoms with van der Waals surface area (Å²) in [6.45, 7) is 3.21. The number of hydrogen-bond acceptors (Lipinski definition) is 6. The van der Waals surface area contributed by atoms with Crippen molar-refractivity contribution in [2.75, 3.05) is 11.9 Å². The molecule has 1 aliphatic rings. The molecule has 1 saturated carbocycles. The van der Waals surface area contributed by atoms with E-state index in [4.69, 9.17) is 4.98 Å². The lowest BCUT2D eigenvalue weighted by Gasteiger charge is -2.22. The number of aromatic amines is 1. The molecule has 3 N–H and O–H groups in total. The van der Waals surface area contributed by atoms with Crippen LogP contribution in [0.2, 0.25) is 0 Å². The molecule has 0 bridgehead atoms. The van der Waals surface area contributed by atoms with Gasteiger partial charge in [-0.3, -0.25) is 4.79 Å². The first kappa shape index (κ1) is 27.6. The number of nitrogens with zero attached hydrogens (tertiary/aromatic N) is 5. The lowest BCUT2D eigenvalue weighted by Crippen LogP contribution is -2.39. The minimum absolute atomic E-state index is 0.0553. The Hall–Kier alpha value is -4.53. The number of aryl methyl sites for hydroxylation is 1. The van der Waals surface area contributed by atoms with E-state index in [0.29, 0.717) is 11.9 Å². The first-order chi connectivity index (χ1) is 20.7. The molecule has 0 aliphatic heterocycles. The molecule has 1 amide bonds. The Labute approximate surface area is 246 Å². The van der Waals surface area contributed by atoms with Crippen LogP contribution in [0, 0.1) is 0 Å². The normalized spacial score (nSPS) is 13.8. The second-order valence-corrected chi connectivity index (χ2v) is 11.2. The summed E-state index contributed by atoms with van der Waals surface area (Å²) in [5, 5.41) is 20.9. The Morgan fingerprint density at radius 3 is 2.57 bits per heavy atom. The summed E-state index contributed by atoms with van der Waals surface area (Å²) in [4.78, 5) is 17.6. The van der Waals surface area contributed by atoms with Gasteiger partial charge in [0.15, 0.2) is 5.82 Å². The SMILES string of the molecule is CCCCc1nc2cc(NCC(=O)NC3CCCCC3)ccc2n1Cc1ccc(-c2ccccc2-c2nnn[nH]2)cc1. The Morgan fingerprint density at radius 1 is 1.00 bits per heavy atom. The number of nitrogens with one attached hydrogen (secondary N) is 3. The van der Waals surface area contributed by atoms with Crippen LogP contribution in [0.1, 0.15) is 63.3 Å². The number of aromatic nitrogens is 6. The molecule has 0 saturated heterocycles. The predicted octanol–water partition coefficient (Wildman–Crippen LogP) is 6.14. The summed E-state index contributed by atoms with van der Waals surface area (Å²) in [6, 6.07) is 23.4. The Balaban J connectivity index is 1.19. The third-order valence-electron chi connectivity index (χ3n) is 8.14. The lowest BCUT2D eigenvalue weighted by molar-refractivity contribution is -0.120. The molecular weight excluding hydrogens is 524 g/mol. The van der Waals surface area contributed by atoms with Gasteiger partial charge in [0.25, 0.3) is 0 Å². The van der Waals surface area contributed by atoms with Gasteiger partial charge in [-0.05, 0) is 64.6 Å². The van der Waals surface area contributed by atoms with Crippen LogP contribution >= 0.6 is 0 Å². The van der Waals surface area contributed by atoms with Crippen molar-refractivity contribution in [3.63, 3.8) is 0 Å². The van der Waals surface area contributed by atoms with E-state index in [0.717, 1.165) is 77.9 Å². The molecule has 42 heavy (non-hydrogen) atoms. The fourth-order valence-corrected chi connectivity index (χ4v) is 5.89. The zero-order valence-corrected chi connectivity index (χ0v) is 24.1. The standard InChI is InChI=1S/C33H38N8O/c1-2-3-13-31-36-29-20-26(34-21-32(42)35-25-9-5-4-6-10-25)18-19-30(29)41(31)22-23-14-16-24(17-15-23)27-11-7-8-12-28(27)33-37-39-40-38-33/h7-8,11-12,14-20,25,34H,2-6,9-10,13,21-22H2,1H3,(H,35,42)(H,37,38,39,40). The van der Waals surface area contributed by atoms with Crippen LogP contribution in [0.15, 0.2) is 66.7 Å². The van der Waals surface area contributed by atoms with Gasteiger partial charge >= 0.3 is 0 Å². The molecule has 0 spiro atoms. The van der Waals surface area contributed by atoms with Gasteiger partial charge in [-0.25, -0.2) is 10.1 Å². The molecule has 3 aromatic carbocycles. The number of carbonyl (C=O) groups is 1.